The number of benzene rings is 1. The van der Waals surface area contributed by atoms with Gasteiger partial charge in [0, 0.05) is 13.1 Å². The Morgan fingerprint density at radius 1 is 1.42 bits per heavy atom. The molecule has 0 radical (unpaired) electrons. The Morgan fingerprint density at radius 3 is 2.75 bits per heavy atom. The van der Waals surface area contributed by atoms with Gasteiger partial charge in [0.05, 0.1) is 6.61 Å². The average molecular weight is 334 g/mol. The molecule has 0 aromatic heterocycles. The van der Waals surface area contributed by atoms with Gasteiger partial charge in [-0.1, -0.05) is 12.1 Å². The number of nitrogens with zero attached hydrogens (tertiary/aromatic N) is 4. The summed E-state index contributed by atoms with van der Waals surface area (Å²) in [5, 5.41) is 13.0. The van der Waals surface area contributed by atoms with Crippen LogP contribution in [0.3, 0.4) is 0 Å². The van der Waals surface area contributed by atoms with Gasteiger partial charge in [0.2, 0.25) is 0 Å². The summed E-state index contributed by atoms with van der Waals surface area (Å²) >= 11 is 0. The maximum atomic E-state index is 12.3. The Hall–Kier alpha value is -2.94. The Bertz CT molecular complexity index is 656. The Morgan fingerprint density at radius 2 is 2.12 bits per heavy atom. The van der Waals surface area contributed by atoms with Crippen molar-refractivity contribution in [2.24, 2.45) is 5.10 Å². The van der Waals surface area contributed by atoms with Crippen LogP contribution < -0.4 is 4.74 Å². The van der Waals surface area contributed by atoms with E-state index in [-0.39, 0.29) is 19.4 Å². The van der Waals surface area contributed by atoms with Gasteiger partial charge in [-0.25, -0.2) is 15.0 Å². The molecule has 1 aliphatic heterocycles. The van der Waals surface area contributed by atoms with E-state index in [0.717, 1.165) is 16.2 Å². The van der Waals surface area contributed by atoms with Crippen molar-refractivity contribution in [2.45, 2.75) is 6.92 Å². The van der Waals surface area contributed by atoms with Gasteiger partial charge >= 0.3 is 0 Å². The zero-order chi connectivity index (χ0) is 17.5. The lowest BCUT2D eigenvalue weighted by Crippen LogP contribution is -2.52. The molecule has 9 heteroatoms. The van der Waals surface area contributed by atoms with E-state index in [4.69, 9.17) is 9.47 Å². The van der Waals surface area contributed by atoms with E-state index < -0.39 is 10.9 Å². The lowest BCUT2D eigenvalue weighted by molar-refractivity contribution is -0.486. The minimum absolute atomic E-state index is 0.0624. The van der Waals surface area contributed by atoms with Gasteiger partial charge in [-0.2, -0.15) is 0 Å². The minimum atomic E-state index is -0.840. The fourth-order valence-electron chi connectivity index (χ4n) is 2.06. The van der Waals surface area contributed by atoms with Crippen LogP contribution in [0.15, 0.2) is 35.4 Å². The number of carbonyl (C=O) groups excluding carboxylic acids is 1. The number of nitro groups is 1. The average Bonchev–Trinajstić information content (AvgIpc) is 2.56. The summed E-state index contributed by atoms with van der Waals surface area (Å²) in [6.45, 7) is 2.51. The molecule has 1 amide bonds. The maximum absolute atomic E-state index is 12.3. The standard InChI is InChI=1S/C15H18N4O5/c1-3-24-13-7-4-12(5-8-13)6-9-14(20)18-11-23-10-17(2)15(18)16-19(21)22/h4-9H,3,10-11H2,1-2H3/b9-6+,16-15+. The normalized spacial score (nSPS) is 16.7. The van der Waals surface area contributed by atoms with Crippen LogP contribution in [-0.2, 0) is 9.53 Å². The Balaban J connectivity index is 2.10. The third kappa shape index (κ3) is 4.53. The Kier molecular flexibility index (Phi) is 5.85. The summed E-state index contributed by atoms with van der Waals surface area (Å²) in [7, 11) is 1.55. The summed E-state index contributed by atoms with van der Waals surface area (Å²) in [6, 6.07) is 7.20. The molecule has 1 aromatic carbocycles. The second-order valence-corrected chi connectivity index (χ2v) is 4.90. The van der Waals surface area contributed by atoms with Gasteiger partial charge < -0.3 is 14.4 Å². The first-order valence-electron chi connectivity index (χ1n) is 7.25. The van der Waals surface area contributed by atoms with Crippen molar-refractivity contribution in [2.75, 3.05) is 27.1 Å². The molecule has 1 saturated heterocycles. The van der Waals surface area contributed by atoms with E-state index >= 15 is 0 Å². The third-order valence-corrected chi connectivity index (χ3v) is 3.13. The molecule has 128 valence electrons. The fourth-order valence-corrected chi connectivity index (χ4v) is 2.06. The molecule has 1 aromatic rings. The molecular weight excluding hydrogens is 316 g/mol. The molecule has 0 N–H and O–H groups in total. The lowest BCUT2D eigenvalue weighted by Gasteiger charge is -2.32. The van der Waals surface area contributed by atoms with E-state index in [1.165, 1.54) is 11.0 Å². The predicted octanol–water partition coefficient (Wildman–Crippen LogP) is 1.35. The van der Waals surface area contributed by atoms with Crippen molar-refractivity contribution in [1.82, 2.24) is 9.80 Å². The van der Waals surface area contributed by atoms with Gasteiger partial charge in [0.1, 0.15) is 24.3 Å². The van der Waals surface area contributed by atoms with Crippen LogP contribution in [0, 0.1) is 10.1 Å². The molecule has 24 heavy (non-hydrogen) atoms. The van der Waals surface area contributed by atoms with Gasteiger partial charge in [-0.05, 0) is 30.7 Å². The summed E-state index contributed by atoms with van der Waals surface area (Å²) in [4.78, 5) is 25.4. The molecule has 0 atom stereocenters. The molecule has 0 spiro atoms. The summed E-state index contributed by atoms with van der Waals surface area (Å²) < 4.78 is 10.5. The van der Waals surface area contributed by atoms with Gasteiger partial charge in [0.25, 0.3) is 11.9 Å². The van der Waals surface area contributed by atoms with Crippen molar-refractivity contribution in [3.8, 4) is 5.75 Å². The smallest absolute Gasteiger partial charge is 0.284 e. The topological polar surface area (TPSA) is 97.5 Å². The highest BCUT2D eigenvalue weighted by atomic mass is 16.7. The van der Waals surface area contributed by atoms with Gasteiger partial charge in [0.15, 0.2) is 5.03 Å². The largest absolute Gasteiger partial charge is 0.494 e. The highest BCUT2D eigenvalue weighted by Gasteiger charge is 2.28. The zero-order valence-electron chi connectivity index (χ0n) is 13.4. The van der Waals surface area contributed by atoms with E-state index in [9.17, 15) is 14.9 Å². The van der Waals surface area contributed by atoms with Crippen molar-refractivity contribution in [3.05, 3.63) is 46.0 Å². The van der Waals surface area contributed by atoms with E-state index in [1.54, 1.807) is 37.4 Å². The lowest BCUT2D eigenvalue weighted by atomic mass is 10.2. The van der Waals surface area contributed by atoms with Crippen LogP contribution in [0.2, 0.25) is 0 Å². The van der Waals surface area contributed by atoms with Crippen molar-refractivity contribution in [1.29, 1.82) is 0 Å². The van der Waals surface area contributed by atoms with Crippen LogP contribution in [-0.4, -0.2) is 53.8 Å². The second-order valence-electron chi connectivity index (χ2n) is 4.90. The highest BCUT2D eigenvalue weighted by molar-refractivity contribution is 6.03. The molecule has 1 heterocycles. The monoisotopic (exact) mass is 334 g/mol. The first-order chi connectivity index (χ1) is 11.5. The number of ether oxygens (including phenoxy) is 2. The number of amides is 1. The second kappa shape index (κ2) is 8.06. The quantitative estimate of drug-likeness (QED) is 0.458. The zero-order valence-corrected chi connectivity index (χ0v) is 13.4. The number of hydrazone groups is 1. The SMILES string of the molecule is CCOc1ccc(/C=C/C(=O)N2COCN(C)/C2=N\[N+](=O)[O-])cc1. The molecule has 1 aliphatic rings. The van der Waals surface area contributed by atoms with Crippen molar-refractivity contribution < 1.29 is 19.3 Å². The fraction of sp³-hybridized carbons (Fsp3) is 0.333. The molecule has 0 aliphatic carbocycles. The Labute approximate surface area is 138 Å². The maximum Gasteiger partial charge on any atom is 0.284 e. The molecular formula is C15H18N4O5. The molecule has 0 unspecified atom stereocenters. The summed E-state index contributed by atoms with van der Waals surface area (Å²) in [5.41, 5.74) is 0.797. The number of rotatable bonds is 5. The van der Waals surface area contributed by atoms with Gasteiger partial charge in [-0.15, -0.1) is 0 Å². The molecule has 9 nitrogen and oxygen atoms in total. The first-order valence-corrected chi connectivity index (χ1v) is 7.25. The van der Waals surface area contributed by atoms with Crippen molar-refractivity contribution >= 4 is 17.9 Å². The van der Waals surface area contributed by atoms with E-state index in [2.05, 4.69) is 5.10 Å². The number of hydrogen-bond acceptors (Lipinski definition) is 5. The van der Waals surface area contributed by atoms with Crippen LogP contribution in [0.5, 0.6) is 5.75 Å². The molecule has 0 saturated carbocycles. The van der Waals surface area contributed by atoms with E-state index in [1.807, 2.05) is 6.92 Å². The van der Waals surface area contributed by atoms with Gasteiger partial charge in [-0.3, -0.25) is 4.79 Å². The molecule has 2 rings (SSSR count). The minimum Gasteiger partial charge on any atom is -0.494 e. The predicted molar refractivity (Wildman–Crippen MR) is 86.5 cm³/mol. The molecule has 1 fully saturated rings. The van der Waals surface area contributed by atoms with Crippen molar-refractivity contribution in [3.63, 3.8) is 0 Å². The van der Waals surface area contributed by atoms with Crippen LogP contribution in [0.4, 0.5) is 0 Å². The van der Waals surface area contributed by atoms with Crippen LogP contribution in [0.1, 0.15) is 12.5 Å². The first kappa shape index (κ1) is 17.4. The van der Waals surface area contributed by atoms with E-state index in [0.29, 0.717) is 6.61 Å². The number of carbonyl (C=O) groups is 1. The van der Waals surface area contributed by atoms with Crippen LogP contribution in [0.25, 0.3) is 6.08 Å². The third-order valence-electron chi connectivity index (χ3n) is 3.13. The molecule has 0 bridgehead atoms. The number of hydrogen-bond donors (Lipinski definition) is 0. The summed E-state index contributed by atoms with van der Waals surface area (Å²) in [5.74, 6) is 0.219. The van der Waals surface area contributed by atoms with Crippen LogP contribution >= 0.6 is 0 Å². The number of guanidine groups is 1. The summed E-state index contributed by atoms with van der Waals surface area (Å²) in [6.07, 6.45) is 2.92. The highest BCUT2D eigenvalue weighted by Crippen LogP contribution is 2.14.